The molecule has 1 aromatic heterocycles. The Morgan fingerprint density at radius 2 is 2.11 bits per heavy atom. The summed E-state index contributed by atoms with van der Waals surface area (Å²) in [6, 6.07) is 6.21. The van der Waals surface area contributed by atoms with Gasteiger partial charge in [0.2, 0.25) is 0 Å². The molecule has 0 N–H and O–H groups in total. The van der Waals surface area contributed by atoms with Crippen LogP contribution in [0.25, 0.3) is 0 Å². The number of methoxy groups -OCH3 is 1. The molecule has 2 aromatic rings. The predicted molar refractivity (Wildman–Crippen MR) is 63.4 cm³/mol. The van der Waals surface area contributed by atoms with Gasteiger partial charge in [0, 0.05) is 18.8 Å². The minimum absolute atomic E-state index is 0.132. The molecule has 0 aliphatic carbocycles. The Bertz CT molecular complexity index is 534. The zero-order valence-corrected chi connectivity index (χ0v) is 9.97. The molecule has 0 bridgehead atoms. The van der Waals surface area contributed by atoms with E-state index >= 15 is 0 Å². The number of benzene rings is 1. The molecule has 0 atom stereocenters. The Balaban J connectivity index is 2.12. The van der Waals surface area contributed by atoms with Crippen molar-refractivity contribution < 1.29 is 13.9 Å². The van der Waals surface area contributed by atoms with Gasteiger partial charge in [-0.05, 0) is 17.7 Å². The largest absolute Gasteiger partial charge is 0.468 e. The van der Waals surface area contributed by atoms with E-state index in [9.17, 15) is 9.18 Å². The molecule has 0 aliphatic heterocycles. The van der Waals surface area contributed by atoms with Crippen LogP contribution < -0.4 is 0 Å². The lowest BCUT2D eigenvalue weighted by molar-refractivity contribution is -0.141. The molecule has 0 radical (unpaired) electrons. The van der Waals surface area contributed by atoms with E-state index in [1.807, 2.05) is 0 Å². The second-order valence-corrected chi connectivity index (χ2v) is 3.85. The maximum Gasteiger partial charge on any atom is 0.325 e. The molecular weight excluding hydrogens is 235 g/mol. The van der Waals surface area contributed by atoms with E-state index in [-0.39, 0.29) is 18.3 Å². The van der Waals surface area contributed by atoms with Crippen molar-refractivity contribution in [1.82, 2.24) is 9.55 Å². The van der Waals surface area contributed by atoms with E-state index in [4.69, 9.17) is 0 Å². The predicted octanol–water partition coefficient (Wildman–Crippen LogP) is 1.79. The molecule has 0 unspecified atom stereocenters. The number of hydrogen-bond donors (Lipinski definition) is 0. The van der Waals surface area contributed by atoms with Crippen LogP contribution in [0.5, 0.6) is 0 Å². The monoisotopic (exact) mass is 248 g/mol. The van der Waals surface area contributed by atoms with E-state index in [1.54, 1.807) is 29.1 Å². The van der Waals surface area contributed by atoms with Crippen molar-refractivity contribution in [3.8, 4) is 0 Å². The first kappa shape index (κ1) is 12.3. The van der Waals surface area contributed by atoms with Gasteiger partial charge in [0.25, 0.3) is 0 Å². The molecule has 0 saturated carbocycles. The molecule has 18 heavy (non-hydrogen) atoms. The molecule has 1 aromatic carbocycles. The number of rotatable bonds is 4. The highest BCUT2D eigenvalue weighted by Crippen LogP contribution is 2.09. The fraction of sp³-hybridized carbons (Fsp3) is 0.231. The number of imidazole rings is 1. The van der Waals surface area contributed by atoms with Crippen molar-refractivity contribution in [2.45, 2.75) is 13.0 Å². The molecule has 0 aliphatic rings. The van der Waals surface area contributed by atoms with Crippen LogP contribution in [0.1, 0.15) is 11.4 Å². The quantitative estimate of drug-likeness (QED) is 0.775. The summed E-state index contributed by atoms with van der Waals surface area (Å²) in [5.74, 6) is 0.150. The smallest absolute Gasteiger partial charge is 0.325 e. The molecule has 0 fully saturated rings. The van der Waals surface area contributed by atoms with Crippen molar-refractivity contribution in [2.75, 3.05) is 7.11 Å². The van der Waals surface area contributed by atoms with Gasteiger partial charge < -0.3 is 9.30 Å². The summed E-state index contributed by atoms with van der Waals surface area (Å²) in [6.07, 6.45) is 3.89. The SMILES string of the molecule is COC(=O)Cn1ccnc1Cc1ccc(F)cc1. The Labute approximate surface area is 104 Å². The summed E-state index contributed by atoms with van der Waals surface area (Å²) in [6.45, 7) is 0.132. The van der Waals surface area contributed by atoms with E-state index < -0.39 is 0 Å². The normalized spacial score (nSPS) is 10.3. The number of hydrogen-bond acceptors (Lipinski definition) is 3. The van der Waals surface area contributed by atoms with Crippen molar-refractivity contribution in [1.29, 1.82) is 0 Å². The molecule has 5 heteroatoms. The van der Waals surface area contributed by atoms with Crippen LogP contribution in [0.2, 0.25) is 0 Å². The summed E-state index contributed by atoms with van der Waals surface area (Å²) in [4.78, 5) is 15.4. The van der Waals surface area contributed by atoms with E-state index in [2.05, 4.69) is 9.72 Å². The summed E-state index contributed by atoms with van der Waals surface area (Å²) in [5, 5.41) is 0. The molecule has 0 spiro atoms. The second-order valence-electron chi connectivity index (χ2n) is 3.85. The molecule has 1 heterocycles. The van der Waals surface area contributed by atoms with Gasteiger partial charge in [-0.2, -0.15) is 0 Å². The van der Waals surface area contributed by atoms with Gasteiger partial charge in [0.15, 0.2) is 0 Å². The summed E-state index contributed by atoms with van der Waals surface area (Å²) >= 11 is 0. The molecule has 2 rings (SSSR count). The number of carbonyl (C=O) groups is 1. The van der Waals surface area contributed by atoms with Crippen LogP contribution in [0.4, 0.5) is 4.39 Å². The van der Waals surface area contributed by atoms with Gasteiger partial charge in [0.1, 0.15) is 18.2 Å². The molecular formula is C13H13FN2O2. The number of halogens is 1. The third-order valence-corrected chi connectivity index (χ3v) is 2.60. The van der Waals surface area contributed by atoms with Crippen molar-refractivity contribution in [3.63, 3.8) is 0 Å². The van der Waals surface area contributed by atoms with Crippen LogP contribution in [0.15, 0.2) is 36.7 Å². The van der Waals surface area contributed by atoms with Gasteiger partial charge in [0.05, 0.1) is 7.11 Å². The minimum atomic E-state index is -0.326. The summed E-state index contributed by atoms with van der Waals surface area (Å²) < 4.78 is 19.1. The van der Waals surface area contributed by atoms with Crippen LogP contribution >= 0.6 is 0 Å². The highest BCUT2D eigenvalue weighted by molar-refractivity contribution is 5.69. The first-order valence-corrected chi connectivity index (χ1v) is 5.50. The van der Waals surface area contributed by atoms with Gasteiger partial charge in [-0.25, -0.2) is 9.37 Å². The molecule has 0 saturated heterocycles. The van der Waals surface area contributed by atoms with Crippen molar-refractivity contribution in [2.24, 2.45) is 0 Å². The van der Waals surface area contributed by atoms with Crippen LogP contribution in [-0.2, 0) is 22.5 Å². The lowest BCUT2D eigenvalue weighted by atomic mass is 10.1. The highest BCUT2D eigenvalue weighted by Gasteiger charge is 2.08. The summed E-state index contributed by atoms with van der Waals surface area (Å²) in [7, 11) is 1.35. The third kappa shape index (κ3) is 2.94. The Morgan fingerprint density at radius 1 is 1.39 bits per heavy atom. The van der Waals surface area contributed by atoms with Gasteiger partial charge >= 0.3 is 5.97 Å². The number of aromatic nitrogens is 2. The average Bonchev–Trinajstić information content (AvgIpc) is 2.79. The zero-order valence-electron chi connectivity index (χ0n) is 9.97. The molecule has 4 nitrogen and oxygen atoms in total. The summed E-state index contributed by atoms with van der Waals surface area (Å²) in [5.41, 5.74) is 0.939. The minimum Gasteiger partial charge on any atom is -0.468 e. The standard InChI is InChI=1S/C13H13FN2O2/c1-18-13(17)9-16-7-6-15-12(16)8-10-2-4-11(14)5-3-10/h2-7H,8-9H2,1H3. The van der Waals surface area contributed by atoms with E-state index in [1.165, 1.54) is 19.2 Å². The zero-order chi connectivity index (χ0) is 13.0. The fourth-order valence-corrected chi connectivity index (χ4v) is 1.64. The number of carbonyl (C=O) groups excluding carboxylic acids is 1. The first-order chi connectivity index (χ1) is 8.69. The lowest BCUT2D eigenvalue weighted by Gasteiger charge is -2.06. The van der Waals surface area contributed by atoms with Crippen LogP contribution in [0, 0.1) is 5.82 Å². The number of nitrogens with zero attached hydrogens (tertiary/aromatic N) is 2. The Kier molecular flexibility index (Phi) is 3.72. The topological polar surface area (TPSA) is 44.1 Å². The van der Waals surface area contributed by atoms with Crippen molar-refractivity contribution in [3.05, 3.63) is 53.9 Å². The maximum absolute atomic E-state index is 12.8. The van der Waals surface area contributed by atoms with Crippen LogP contribution in [-0.4, -0.2) is 22.6 Å². The average molecular weight is 248 g/mol. The van der Waals surface area contributed by atoms with Gasteiger partial charge in [-0.15, -0.1) is 0 Å². The van der Waals surface area contributed by atoms with E-state index in [0.29, 0.717) is 6.42 Å². The Morgan fingerprint density at radius 3 is 2.78 bits per heavy atom. The van der Waals surface area contributed by atoms with Gasteiger partial charge in [-0.3, -0.25) is 4.79 Å². The Hall–Kier alpha value is -2.17. The van der Waals surface area contributed by atoms with E-state index in [0.717, 1.165) is 11.4 Å². The van der Waals surface area contributed by atoms with Gasteiger partial charge in [-0.1, -0.05) is 12.1 Å². The second kappa shape index (κ2) is 5.44. The lowest BCUT2D eigenvalue weighted by Crippen LogP contribution is -2.13. The third-order valence-electron chi connectivity index (χ3n) is 2.60. The van der Waals surface area contributed by atoms with Crippen molar-refractivity contribution >= 4 is 5.97 Å². The maximum atomic E-state index is 12.8. The highest BCUT2D eigenvalue weighted by atomic mass is 19.1. The first-order valence-electron chi connectivity index (χ1n) is 5.50. The number of esters is 1. The molecule has 0 amide bonds. The van der Waals surface area contributed by atoms with Crippen LogP contribution in [0.3, 0.4) is 0 Å². The molecule has 94 valence electrons. The number of ether oxygens (including phenoxy) is 1. The fourth-order valence-electron chi connectivity index (χ4n) is 1.64.